The van der Waals surface area contributed by atoms with Crippen LogP contribution in [0.5, 0.6) is 0 Å². The SMILES string of the molecule is CS(=O)(=O)NC1CCN(CC(=O)Nc2sc3c(c2C(N)=O)CCCC3)CC1. The van der Waals surface area contributed by atoms with Crippen LogP contribution in [0.1, 0.15) is 46.5 Å². The predicted octanol–water partition coefficient (Wildman–Crippen LogP) is 0.678. The molecule has 0 unspecified atom stereocenters. The Labute approximate surface area is 163 Å². The van der Waals surface area contributed by atoms with Gasteiger partial charge in [0.15, 0.2) is 0 Å². The molecule has 2 heterocycles. The molecule has 0 saturated carbocycles. The number of sulfonamides is 1. The zero-order valence-corrected chi connectivity index (χ0v) is 17.0. The van der Waals surface area contributed by atoms with E-state index in [0.717, 1.165) is 42.4 Å². The molecular formula is C17H26N4O4S2. The Balaban J connectivity index is 1.58. The Morgan fingerprint density at radius 3 is 2.52 bits per heavy atom. The lowest BCUT2D eigenvalue weighted by Gasteiger charge is -2.31. The average Bonchev–Trinajstić information content (AvgIpc) is 2.93. The number of primary amides is 1. The number of carbonyl (C=O) groups excluding carboxylic acids is 2. The molecule has 0 spiro atoms. The number of nitrogens with zero attached hydrogens (tertiary/aromatic N) is 1. The first-order valence-electron chi connectivity index (χ1n) is 9.17. The Bertz CT molecular complexity index is 826. The van der Waals surface area contributed by atoms with Gasteiger partial charge in [-0.1, -0.05) is 0 Å². The normalized spacial score (nSPS) is 18.9. The second-order valence-corrected chi connectivity index (χ2v) is 10.2. The molecule has 2 amide bonds. The Morgan fingerprint density at radius 2 is 1.89 bits per heavy atom. The molecule has 4 N–H and O–H groups in total. The third kappa shape index (κ3) is 5.28. The van der Waals surface area contributed by atoms with Gasteiger partial charge in [-0.05, 0) is 44.1 Å². The second-order valence-electron chi connectivity index (χ2n) is 7.27. The molecule has 0 radical (unpaired) electrons. The third-order valence-corrected chi connectivity index (χ3v) is 6.97. The molecule has 1 fully saturated rings. The van der Waals surface area contributed by atoms with Gasteiger partial charge in [0.2, 0.25) is 15.9 Å². The standard InChI is InChI=1S/C17H26N4O4S2/c1-27(24,25)20-11-6-8-21(9-7-11)10-14(22)19-17-15(16(18)23)12-4-2-3-5-13(12)26-17/h11,20H,2-10H2,1H3,(H2,18,23)(H,19,22). The van der Waals surface area contributed by atoms with E-state index in [1.54, 1.807) is 0 Å². The van der Waals surface area contributed by atoms with Crippen molar-refractivity contribution in [1.82, 2.24) is 9.62 Å². The van der Waals surface area contributed by atoms with Crippen molar-refractivity contribution in [2.24, 2.45) is 5.73 Å². The number of nitrogens with one attached hydrogen (secondary N) is 2. The zero-order valence-electron chi connectivity index (χ0n) is 15.4. The van der Waals surface area contributed by atoms with Crippen molar-refractivity contribution >= 4 is 38.2 Å². The van der Waals surface area contributed by atoms with Crippen LogP contribution >= 0.6 is 11.3 Å². The number of carbonyl (C=O) groups is 2. The van der Waals surface area contributed by atoms with E-state index in [1.165, 1.54) is 11.3 Å². The summed E-state index contributed by atoms with van der Waals surface area (Å²) in [6.45, 7) is 1.50. The summed E-state index contributed by atoms with van der Waals surface area (Å²) in [4.78, 5) is 27.5. The van der Waals surface area contributed by atoms with Gasteiger partial charge in [0.25, 0.3) is 5.91 Å². The minimum atomic E-state index is -3.21. The molecule has 1 saturated heterocycles. The van der Waals surface area contributed by atoms with Crippen LogP contribution in [0.3, 0.4) is 0 Å². The fraction of sp³-hybridized carbons (Fsp3) is 0.647. The molecule has 1 aromatic heterocycles. The Morgan fingerprint density at radius 1 is 1.22 bits per heavy atom. The molecule has 150 valence electrons. The van der Waals surface area contributed by atoms with Gasteiger partial charge in [0.05, 0.1) is 18.4 Å². The van der Waals surface area contributed by atoms with Crippen molar-refractivity contribution in [1.29, 1.82) is 0 Å². The number of fused-ring (bicyclic) bond motifs is 1. The summed E-state index contributed by atoms with van der Waals surface area (Å²) in [5.41, 5.74) is 7.03. The van der Waals surface area contributed by atoms with Gasteiger partial charge in [-0.15, -0.1) is 11.3 Å². The van der Waals surface area contributed by atoms with Crippen molar-refractivity contribution in [3.05, 3.63) is 16.0 Å². The van der Waals surface area contributed by atoms with Crippen LogP contribution in [0, 0.1) is 0 Å². The lowest BCUT2D eigenvalue weighted by Crippen LogP contribution is -2.46. The third-order valence-electron chi connectivity index (χ3n) is 5.01. The van der Waals surface area contributed by atoms with Gasteiger partial charge in [-0.3, -0.25) is 14.5 Å². The van der Waals surface area contributed by atoms with Crippen LogP contribution in [0.2, 0.25) is 0 Å². The van der Waals surface area contributed by atoms with Crippen molar-refractivity contribution in [2.45, 2.75) is 44.6 Å². The van der Waals surface area contributed by atoms with Crippen LogP contribution < -0.4 is 15.8 Å². The highest BCUT2D eigenvalue weighted by molar-refractivity contribution is 7.88. The highest BCUT2D eigenvalue weighted by Gasteiger charge is 2.26. The van der Waals surface area contributed by atoms with E-state index in [1.807, 2.05) is 4.90 Å². The Hall–Kier alpha value is -1.49. The zero-order chi connectivity index (χ0) is 19.6. The van der Waals surface area contributed by atoms with E-state index >= 15 is 0 Å². The van der Waals surface area contributed by atoms with Crippen LogP contribution in [-0.2, 0) is 27.7 Å². The summed E-state index contributed by atoms with van der Waals surface area (Å²) in [6, 6.07) is -0.0789. The maximum atomic E-state index is 12.5. The number of hydrogen-bond donors (Lipinski definition) is 3. The number of rotatable bonds is 6. The van der Waals surface area contributed by atoms with E-state index in [2.05, 4.69) is 10.0 Å². The minimum Gasteiger partial charge on any atom is -0.365 e. The van der Waals surface area contributed by atoms with Gasteiger partial charge in [0.1, 0.15) is 5.00 Å². The van der Waals surface area contributed by atoms with Crippen molar-refractivity contribution in [3.63, 3.8) is 0 Å². The number of likely N-dealkylation sites (tertiary alicyclic amines) is 1. The van der Waals surface area contributed by atoms with Crippen LogP contribution in [0.4, 0.5) is 5.00 Å². The summed E-state index contributed by atoms with van der Waals surface area (Å²) >= 11 is 1.46. The lowest BCUT2D eigenvalue weighted by atomic mass is 9.95. The molecule has 2 aliphatic rings. The van der Waals surface area contributed by atoms with E-state index in [4.69, 9.17) is 5.73 Å². The molecule has 8 nitrogen and oxygen atoms in total. The molecule has 1 aliphatic carbocycles. The first kappa shape index (κ1) is 20.2. The fourth-order valence-electron chi connectivity index (χ4n) is 3.80. The molecule has 0 atom stereocenters. The molecule has 3 rings (SSSR count). The van der Waals surface area contributed by atoms with Crippen LogP contribution in [-0.4, -0.2) is 57.1 Å². The largest absolute Gasteiger partial charge is 0.365 e. The quantitative estimate of drug-likeness (QED) is 0.632. The molecule has 1 aromatic rings. The van der Waals surface area contributed by atoms with Gasteiger partial charge in [-0.25, -0.2) is 13.1 Å². The fourth-order valence-corrected chi connectivity index (χ4v) is 5.95. The summed E-state index contributed by atoms with van der Waals surface area (Å²) in [5.74, 6) is -0.664. The first-order chi connectivity index (χ1) is 12.7. The van der Waals surface area contributed by atoms with Crippen molar-refractivity contribution in [3.8, 4) is 0 Å². The van der Waals surface area contributed by atoms with Crippen LogP contribution in [0.25, 0.3) is 0 Å². The number of thiophene rings is 1. The van der Waals surface area contributed by atoms with Gasteiger partial charge >= 0.3 is 0 Å². The van der Waals surface area contributed by atoms with Gasteiger partial charge in [-0.2, -0.15) is 0 Å². The van der Waals surface area contributed by atoms with Crippen LogP contribution in [0.15, 0.2) is 0 Å². The lowest BCUT2D eigenvalue weighted by molar-refractivity contribution is -0.117. The smallest absolute Gasteiger partial charge is 0.251 e. The summed E-state index contributed by atoms with van der Waals surface area (Å²) < 4.78 is 25.2. The summed E-state index contributed by atoms with van der Waals surface area (Å²) in [5, 5.41) is 3.43. The van der Waals surface area contributed by atoms with E-state index in [0.29, 0.717) is 36.5 Å². The van der Waals surface area contributed by atoms with Gasteiger partial charge in [0, 0.05) is 24.0 Å². The number of nitrogens with two attached hydrogens (primary N) is 1. The molecule has 27 heavy (non-hydrogen) atoms. The number of piperidine rings is 1. The van der Waals surface area contributed by atoms with E-state index < -0.39 is 15.9 Å². The van der Waals surface area contributed by atoms with E-state index in [-0.39, 0.29) is 18.5 Å². The maximum Gasteiger partial charge on any atom is 0.251 e. The molecular weight excluding hydrogens is 388 g/mol. The van der Waals surface area contributed by atoms with Gasteiger partial charge < -0.3 is 11.1 Å². The van der Waals surface area contributed by atoms with E-state index in [9.17, 15) is 18.0 Å². The highest BCUT2D eigenvalue weighted by atomic mass is 32.2. The molecule has 0 bridgehead atoms. The Kier molecular flexibility index (Phi) is 6.19. The van der Waals surface area contributed by atoms with Crippen molar-refractivity contribution in [2.75, 3.05) is 31.2 Å². The highest BCUT2D eigenvalue weighted by Crippen LogP contribution is 2.37. The maximum absolute atomic E-state index is 12.5. The first-order valence-corrected chi connectivity index (χ1v) is 11.9. The summed E-state index contributed by atoms with van der Waals surface area (Å²) in [7, 11) is -3.21. The number of hydrogen-bond acceptors (Lipinski definition) is 6. The number of aryl methyl sites for hydroxylation is 1. The molecule has 10 heteroatoms. The molecule has 1 aliphatic heterocycles. The summed E-state index contributed by atoms with van der Waals surface area (Å²) in [6.07, 6.45) is 6.38. The number of amides is 2. The topological polar surface area (TPSA) is 122 Å². The second kappa shape index (κ2) is 8.26. The monoisotopic (exact) mass is 414 g/mol. The number of anilines is 1. The minimum absolute atomic E-state index is 0.0789. The average molecular weight is 415 g/mol. The predicted molar refractivity (Wildman–Crippen MR) is 106 cm³/mol. The van der Waals surface area contributed by atoms with Crippen molar-refractivity contribution < 1.29 is 18.0 Å². The molecule has 0 aromatic carbocycles.